The fourth-order valence-electron chi connectivity index (χ4n) is 1.58. The minimum absolute atomic E-state index is 0.728. The van der Waals surface area contributed by atoms with Crippen LogP contribution in [-0.4, -0.2) is 13.8 Å². The monoisotopic (exact) mass is 189 g/mol. The van der Waals surface area contributed by atoms with Crippen molar-refractivity contribution in [2.75, 3.05) is 7.11 Å². The first-order valence-corrected chi connectivity index (χ1v) is 4.29. The van der Waals surface area contributed by atoms with Gasteiger partial charge in [-0.2, -0.15) is 0 Å². The summed E-state index contributed by atoms with van der Waals surface area (Å²) >= 11 is 0. The number of aryl methyl sites for hydroxylation is 1. The van der Waals surface area contributed by atoms with Crippen molar-refractivity contribution in [1.82, 2.24) is 0 Å². The van der Waals surface area contributed by atoms with Gasteiger partial charge >= 0.3 is 0 Å². The van der Waals surface area contributed by atoms with Crippen LogP contribution in [0.4, 0.5) is 5.69 Å². The van der Waals surface area contributed by atoms with Gasteiger partial charge in [0.2, 0.25) is 0 Å². The number of furan rings is 1. The number of nitrogens with zero attached hydrogens (tertiary/aromatic N) is 1. The Morgan fingerprint density at radius 2 is 2.29 bits per heavy atom. The molecule has 1 aromatic heterocycles. The molecule has 1 heterocycles. The van der Waals surface area contributed by atoms with Crippen LogP contribution in [0.3, 0.4) is 0 Å². The maximum atomic E-state index is 5.35. The fourth-order valence-corrected chi connectivity index (χ4v) is 1.58. The van der Waals surface area contributed by atoms with E-state index in [1.165, 1.54) is 0 Å². The minimum atomic E-state index is 0.728. The summed E-state index contributed by atoms with van der Waals surface area (Å²) in [5.74, 6) is 0.728. The molecule has 0 saturated carbocycles. The van der Waals surface area contributed by atoms with Crippen LogP contribution in [0.15, 0.2) is 27.8 Å². The quantitative estimate of drug-likeness (QED) is 0.680. The summed E-state index contributed by atoms with van der Waals surface area (Å²) in [7, 11) is 1.62. The van der Waals surface area contributed by atoms with E-state index < -0.39 is 0 Å². The molecule has 0 radical (unpaired) electrons. The maximum Gasteiger partial charge on any atom is 0.145 e. The van der Waals surface area contributed by atoms with Crippen LogP contribution in [-0.2, 0) is 0 Å². The molecule has 72 valence electrons. The average molecular weight is 189 g/mol. The maximum absolute atomic E-state index is 5.35. The zero-order valence-corrected chi connectivity index (χ0v) is 8.20. The molecule has 0 amide bonds. The van der Waals surface area contributed by atoms with Gasteiger partial charge in [-0.05, 0) is 31.3 Å². The van der Waals surface area contributed by atoms with Crippen molar-refractivity contribution in [1.29, 1.82) is 0 Å². The van der Waals surface area contributed by atoms with Crippen LogP contribution in [0.25, 0.3) is 11.0 Å². The van der Waals surface area contributed by atoms with Crippen LogP contribution in [0.1, 0.15) is 5.56 Å². The molecular weight excluding hydrogens is 178 g/mol. The summed E-state index contributed by atoms with van der Waals surface area (Å²) in [6.45, 7) is 5.50. The Morgan fingerprint density at radius 3 is 2.93 bits per heavy atom. The van der Waals surface area contributed by atoms with Gasteiger partial charge in [-0.15, -0.1) is 0 Å². The lowest BCUT2D eigenvalue weighted by Gasteiger charge is -2.06. The fraction of sp³-hybridized carbons (Fsp3) is 0.182. The molecule has 1 aromatic carbocycles. The van der Waals surface area contributed by atoms with Crippen molar-refractivity contribution >= 4 is 23.4 Å². The standard InChI is InChI=1S/C11H11NO2/c1-7-6-9(13-3)10(12-2)8-4-5-14-11(7)8/h4-6H,2H2,1,3H3. The van der Waals surface area contributed by atoms with Crippen molar-refractivity contribution in [3.8, 4) is 5.75 Å². The summed E-state index contributed by atoms with van der Waals surface area (Å²) in [5.41, 5.74) is 2.62. The second-order valence-electron chi connectivity index (χ2n) is 3.07. The number of benzene rings is 1. The third kappa shape index (κ3) is 1.09. The predicted octanol–water partition coefficient (Wildman–Crippen LogP) is 3.08. The largest absolute Gasteiger partial charge is 0.494 e. The lowest BCUT2D eigenvalue weighted by Crippen LogP contribution is -1.85. The van der Waals surface area contributed by atoms with E-state index in [0.29, 0.717) is 0 Å². The van der Waals surface area contributed by atoms with Gasteiger partial charge in [0.15, 0.2) is 0 Å². The van der Waals surface area contributed by atoms with Gasteiger partial charge in [0, 0.05) is 5.39 Å². The Kier molecular flexibility index (Phi) is 2.00. The topological polar surface area (TPSA) is 34.7 Å². The molecule has 14 heavy (non-hydrogen) atoms. The summed E-state index contributed by atoms with van der Waals surface area (Å²) in [6, 6.07) is 3.77. The smallest absolute Gasteiger partial charge is 0.145 e. The molecule has 0 aliphatic rings. The zero-order chi connectivity index (χ0) is 10.1. The molecule has 0 saturated heterocycles. The Labute approximate surface area is 82.0 Å². The SMILES string of the molecule is C=Nc1c(OC)cc(C)c2occc12. The van der Waals surface area contributed by atoms with E-state index in [0.717, 1.165) is 28.0 Å². The van der Waals surface area contributed by atoms with Crippen LogP contribution in [0, 0.1) is 6.92 Å². The molecule has 3 nitrogen and oxygen atoms in total. The normalized spacial score (nSPS) is 10.4. The van der Waals surface area contributed by atoms with Gasteiger partial charge in [0.05, 0.1) is 13.4 Å². The summed E-state index contributed by atoms with van der Waals surface area (Å²) in [4.78, 5) is 3.95. The molecule has 0 aliphatic carbocycles. The van der Waals surface area contributed by atoms with Crippen LogP contribution >= 0.6 is 0 Å². The average Bonchev–Trinajstić information content (AvgIpc) is 2.66. The van der Waals surface area contributed by atoms with E-state index in [1.807, 2.05) is 19.1 Å². The van der Waals surface area contributed by atoms with Gasteiger partial charge < -0.3 is 9.15 Å². The Bertz CT molecular complexity index is 485. The highest BCUT2D eigenvalue weighted by atomic mass is 16.5. The molecule has 0 bridgehead atoms. The first kappa shape index (κ1) is 8.81. The van der Waals surface area contributed by atoms with Gasteiger partial charge in [-0.1, -0.05) is 0 Å². The first-order chi connectivity index (χ1) is 6.77. The number of aliphatic imine (C=N–C) groups is 1. The Morgan fingerprint density at radius 1 is 1.50 bits per heavy atom. The summed E-state index contributed by atoms with van der Waals surface area (Å²) in [5, 5.41) is 0.942. The van der Waals surface area contributed by atoms with E-state index in [1.54, 1.807) is 13.4 Å². The van der Waals surface area contributed by atoms with Crippen LogP contribution in [0.5, 0.6) is 5.75 Å². The third-order valence-electron chi connectivity index (χ3n) is 2.24. The highest BCUT2D eigenvalue weighted by Gasteiger charge is 2.11. The molecule has 2 rings (SSSR count). The number of methoxy groups -OCH3 is 1. The highest BCUT2D eigenvalue weighted by molar-refractivity contribution is 5.95. The van der Waals surface area contributed by atoms with Crippen LogP contribution in [0.2, 0.25) is 0 Å². The number of hydrogen-bond acceptors (Lipinski definition) is 3. The lowest BCUT2D eigenvalue weighted by atomic mass is 10.1. The van der Waals surface area contributed by atoms with Crippen molar-refractivity contribution in [2.45, 2.75) is 6.92 Å². The molecular formula is C11H11NO2. The van der Waals surface area contributed by atoms with Gasteiger partial charge in [-0.25, -0.2) is 0 Å². The first-order valence-electron chi connectivity index (χ1n) is 4.29. The van der Waals surface area contributed by atoms with Gasteiger partial charge in [-0.3, -0.25) is 4.99 Å². The third-order valence-corrected chi connectivity index (χ3v) is 2.24. The Balaban J connectivity index is 2.88. The second kappa shape index (κ2) is 3.18. The molecule has 2 aromatic rings. The minimum Gasteiger partial charge on any atom is -0.494 e. The highest BCUT2D eigenvalue weighted by Crippen LogP contribution is 2.37. The van der Waals surface area contributed by atoms with Crippen molar-refractivity contribution < 1.29 is 9.15 Å². The van der Waals surface area contributed by atoms with E-state index in [9.17, 15) is 0 Å². The van der Waals surface area contributed by atoms with E-state index in [2.05, 4.69) is 11.7 Å². The van der Waals surface area contributed by atoms with Gasteiger partial charge in [0.25, 0.3) is 0 Å². The molecule has 0 atom stereocenters. The Hall–Kier alpha value is -1.77. The van der Waals surface area contributed by atoms with Gasteiger partial charge in [0.1, 0.15) is 17.0 Å². The number of ether oxygens (including phenoxy) is 1. The summed E-state index contributed by atoms with van der Waals surface area (Å²) < 4.78 is 10.6. The molecule has 0 spiro atoms. The predicted molar refractivity (Wildman–Crippen MR) is 56.7 cm³/mol. The van der Waals surface area contributed by atoms with E-state index >= 15 is 0 Å². The number of hydrogen-bond donors (Lipinski definition) is 0. The van der Waals surface area contributed by atoms with E-state index in [-0.39, 0.29) is 0 Å². The van der Waals surface area contributed by atoms with Crippen molar-refractivity contribution in [3.05, 3.63) is 24.0 Å². The molecule has 0 unspecified atom stereocenters. The van der Waals surface area contributed by atoms with Crippen LogP contribution < -0.4 is 4.74 Å². The van der Waals surface area contributed by atoms with Crippen molar-refractivity contribution in [2.24, 2.45) is 4.99 Å². The summed E-state index contributed by atoms with van der Waals surface area (Å²) in [6.07, 6.45) is 1.64. The van der Waals surface area contributed by atoms with Crippen molar-refractivity contribution in [3.63, 3.8) is 0 Å². The molecule has 3 heteroatoms. The number of rotatable bonds is 2. The second-order valence-corrected chi connectivity index (χ2v) is 3.07. The molecule has 0 aliphatic heterocycles. The molecule has 0 N–H and O–H groups in total. The lowest BCUT2D eigenvalue weighted by molar-refractivity contribution is 0.416. The zero-order valence-electron chi connectivity index (χ0n) is 8.20. The number of fused-ring (bicyclic) bond motifs is 1. The molecule has 0 fully saturated rings. The van der Waals surface area contributed by atoms with E-state index in [4.69, 9.17) is 9.15 Å².